The average molecular weight is 578 g/mol. The van der Waals surface area contributed by atoms with Crippen molar-refractivity contribution in [3.63, 3.8) is 0 Å². The standard InChI is InChI=1S/C17H26BNO3.C15H22BNO3/c1-7-19-10-11-20-14-9-8-13(12(2)15(14)19)18-21-16(3,4)17(5,6)22-18;1-10-11(6-7-12-13(10)17-8-9-18-12)16-19-14(2,3)15(4,5)20-16/h8-9H,7,10-11H2,1-6H3;6-7,17H,8-9H2,1-5H3. The Hall–Kier alpha value is -2.39. The molecule has 0 spiro atoms. The van der Waals surface area contributed by atoms with Crippen LogP contribution >= 0.6 is 0 Å². The van der Waals surface area contributed by atoms with Crippen LogP contribution in [0.15, 0.2) is 24.3 Å². The van der Waals surface area contributed by atoms with Gasteiger partial charge >= 0.3 is 14.2 Å². The Morgan fingerprint density at radius 3 is 1.69 bits per heavy atom. The van der Waals surface area contributed by atoms with E-state index in [-0.39, 0.29) is 36.6 Å². The van der Waals surface area contributed by atoms with Crippen LogP contribution in [0.4, 0.5) is 11.4 Å². The van der Waals surface area contributed by atoms with E-state index < -0.39 is 0 Å². The Kier molecular flexibility index (Phi) is 8.10. The van der Waals surface area contributed by atoms with E-state index >= 15 is 0 Å². The van der Waals surface area contributed by atoms with Crippen LogP contribution in [0.5, 0.6) is 11.5 Å². The van der Waals surface area contributed by atoms with Crippen LogP contribution < -0.4 is 30.6 Å². The maximum absolute atomic E-state index is 6.21. The third-order valence-electron chi connectivity index (χ3n) is 9.90. The van der Waals surface area contributed by atoms with Crippen LogP contribution in [0.3, 0.4) is 0 Å². The highest BCUT2D eigenvalue weighted by molar-refractivity contribution is 6.63. The molecule has 0 bridgehead atoms. The fraction of sp³-hybridized carbons (Fsp3) is 0.625. The second-order valence-electron chi connectivity index (χ2n) is 13.7. The minimum absolute atomic E-state index is 0.316. The molecule has 2 aromatic carbocycles. The molecule has 0 aromatic heterocycles. The molecule has 4 aliphatic rings. The summed E-state index contributed by atoms with van der Waals surface area (Å²) < 4.78 is 36.2. The van der Waals surface area contributed by atoms with Crippen molar-refractivity contribution >= 4 is 36.5 Å². The fourth-order valence-electron chi connectivity index (χ4n) is 5.72. The summed E-state index contributed by atoms with van der Waals surface area (Å²) >= 11 is 0. The van der Waals surface area contributed by atoms with E-state index in [9.17, 15) is 0 Å². The zero-order valence-corrected chi connectivity index (χ0v) is 27.4. The van der Waals surface area contributed by atoms with Gasteiger partial charge in [0.15, 0.2) is 0 Å². The monoisotopic (exact) mass is 578 g/mol. The van der Waals surface area contributed by atoms with Crippen LogP contribution in [0.25, 0.3) is 0 Å². The zero-order valence-electron chi connectivity index (χ0n) is 27.4. The molecule has 0 radical (unpaired) electrons. The number of ether oxygens (including phenoxy) is 2. The zero-order chi connectivity index (χ0) is 30.7. The Labute approximate surface area is 253 Å². The molecule has 0 aliphatic carbocycles. The number of hydrogen-bond donors (Lipinski definition) is 1. The molecule has 2 fully saturated rings. The first kappa shape index (κ1) is 31.0. The molecule has 6 rings (SSSR count). The van der Waals surface area contributed by atoms with E-state index in [1.165, 1.54) is 11.3 Å². The quantitative estimate of drug-likeness (QED) is 0.530. The normalized spacial score (nSPS) is 22.7. The van der Waals surface area contributed by atoms with E-state index in [1.54, 1.807) is 0 Å². The van der Waals surface area contributed by atoms with E-state index in [0.29, 0.717) is 6.61 Å². The first-order valence-electron chi connectivity index (χ1n) is 15.3. The van der Waals surface area contributed by atoms with E-state index in [2.05, 4.69) is 92.4 Å². The summed E-state index contributed by atoms with van der Waals surface area (Å²) in [6.07, 6.45) is 0. The third kappa shape index (κ3) is 5.40. The molecule has 2 aromatic rings. The Morgan fingerprint density at radius 2 is 1.17 bits per heavy atom. The Balaban J connectivity index is 0.000000169. The number of hydrogen-bond acceptors (Lipinski definition) is 8. The number of rotatable bonds is 3. The van der Waals surface area contributed by atoms with Gasteiger partial charge < -0.3 is 38.3 Å². The van der Waals surface area contributed by atoms with E-state index in [1.807, 2.05) is 18.2 Å². The number of nitrogens with one attached hydrogen (secondary N) is 1. The summed E-state index contributed by atoms with van der Waals surface area (Å²) in [6.45, 7) is 27.2. The van der Waals surface area contributed by atoms with Crippen molar-refractivity contribution < 1.29 is 28.1 Å². The Morgan fingerprint density at radius 1 is 0.690 bits per heavy atom. The first-order valence-corrected chi connectivity index (χ1v) is 15.3. The van der Waals surface area contributed by atoms with Gasteiger partial charge in [-0.05, 0) is 110 Å². The molecule has 0 saturated carbocycles. The number of likely N-dealkylation sites (N-methyl/N-ethyl adjacent to an activating group) is 1. The van der Waals surface area contributed by atoms with Crippen LogP contribution in [-0.4, -0.2) is 69.5 Å². The molecule has 42 heavy (non-hydrogen) atoms. The van der Waals surface area contributed by atoms with Crippen molar-refractivity contribution in [3.05, 3.63) is 35.4 Å². The molecule has 0 atom stereocenters. The lowest BCUT2D eigenvalue weighted by Crippen LogP contribution is -2.41. The number of fused-ring (bicyclic) bond motifs is 2. The maximum Gasteiger partial charge on any atom is 0.495 e. The average Bonchev–Trinajstić information content (AvgIpc) is 3.28. The predicted molar refractivity (Wildman–Crippen MR) is 171 cm³/mol. The lowest BCUT2D eigenvalue weighted by molar-refractivity contribution is 0.00578. The molecule has 0 amide bonds. The van der Waals surface area contributed by atoms with Gasteiger partial charge in [-0.2, -0.15) is 0 Å². The second-order valence-corrected chi connectivity index (χ2v) is 13.7. The predicted octanol–water partition coefficient (Wildman–Crippen LogP) is 4.61. The molecule has 1 N–H and O–H groups in total. The number of benzene rings is 2. The van der Waals surface area contributed by atoms with Gasteiger partial charge in [0, 0.05) is 13.1 Å². The van der Waals surface area contributed by atoms with Gasteiger partial charge in [-0.1, -0.05) is 12.1 Å². The summed E-state index contributed by atoms with van der Waals surface area (Å²) in [4.78, 5) is 2.36. The van der Waals surface area contributed by atoms with Crippen LogP contribution in [0.2, 0.25) is 0 Å². The van der Waals surface area contributed by atoms with Crippen molar-refractivity contribution in [1.82, 2.24) is 0 Å². The topological polar surface area (TPSA) is 70.7 Å². The van der Waals surface area contributed by atoms with Crippen molar-refractivity contribution in [2.45, 2.75) is 98.6 Å². The summed E-state index contributed by atoms with van der Waals surface area (Å²) in [7, 11) is -0.648. The second kappa shape index (κ2) is 11.0. The maximum atomic E-state index is 6.21. The van der Waals surface area contributed by atoms with Crippen LogP contribution in [0.1, 0.15) is 73.4 Å². The van der Waals surface area contributed by atoms with Crippen LogP contribution in [0, 0.1) is 13.8 Å². The van der Waals surface area contributed by atoms with Crippen molar-refractivity contribution in [1.29, 1.82) is 0 Å². The van der Waals surface area contributed by atoms with Crippen molar-refractivity contribution in [3.8, 4) is 11.5 Å². The number of anilines is 2. The SMILES string of the molecule is CCN1CCOc2ccc(B3OC(C)(C)C(C)(C)O3)c(C)c21.Cc1c(B2OC(C)(C)C(C)(C)O2)ccc2c1NCCO2. The highest BCUT2D eigenvalue weighted by Gasteiger charge is 2.53. The molecule has 228 valence electrons. The summed E-state index contributed by atoms with van der Waals surface area (Å²) in [5.41, 5.74) is 5.47. The van der Waals surface area contributed by atoms with Gasteiger partial charge in [0.1, 0.15) is 24.7 Å². The molecule has 4 aliphatic heterocycles. The van der Waals surface area contributed by atoms with Gasteiger partial charge in [-0.25, -0.2) is 0 Å². The third-order valence-corrected chi connectivity index (χ3v) is 9.90. The molecular weight excluding hydrogens is 530 g/mol. The lowest BCUT2D eigenvalue weighted by atomic mass is 9.75. The van der Waals surface area contributed by atoms with Crippen molar-refractivity contribution in [2.24, 2.45) is 0 Å². The largest absolute Gasteiger partial charge is 0.495 e. The first-order chi connectivity index (χ1) is 19.6. The Bertz CT molecular complexity index is 1300. The van der Waals surface area contributed by atoms with E-state index in [4.69, 9.17) is 28.1 Å². The molecule has 8 nitrogen and oxygen atoms in total. The highest BCUT2D eigenvalue weighted by atomic mass is 16.7. The number of nitrogens with zero attached hydrogens (tertiary/aromatic N) is 1. The van der Waals surface area contributed by atoms with Gasteiger partial charge in [0.25, 0.3) is 0 Å². The smallest absolute Gasteiger partial charge is 0.490 e. The lowest BCUT2D eigenvalue weighted by Gasteiger charge is -2.32. The molecule has 10 heteroatoms. The van der Waals surface area contributed by atoms with Crippen molar-refractivity contribution in [2.75, 3.05) is 43.1 Å². The highest BCUT2D eigenvalue weighted by Crippen LogP contribution is 2.40. The summed E-state index contributed by atoms with van der Waals surface area (Å²) in [6, 6.07) is 8.16. The minimum Gasteiger partial charge on any atom is -0.490 e. The van der Waals surface area contributed by atoms with Gasteiger partial charge in [0.05, 0.1) is 40.3 Å². The van der Waals surface area contributed by atoms with Gasteiger partial charge in [-0.15, -0.1) is 0 Å². The van der Waals surface area contributed by atoms with Gasteiger partial charge in [-0.3, -0.25) is 0 Å². The summed E-state index contributed by atoms with van der Waals surface area (Å²) in [5.74, 6) is 1.87. The van der Waals surface area contributed by atoms with E-state index in [0.717, 1.165) is 59.9 Å². The van der Waals surface area contributed by atoms with Gasteiger partial charge in [0.2, 0.25) is 0 Å². The summed E-state index contributed by atoms with van der Waals surface area (Å²) in [5, 5.41) is 3.40. The molecule has 2 saturated heterocycles. The molecule has 4 heterocycles. The fourth-order valence-corrected chi connectivity index (χ4v) is 5.72. The minimum atomic E-state index is -0.325. The molecular formula is C32H48B2N2O6. The van der Waals surface area contributed by atoms with Crippen LogP contribution in [-0.2, 0) is 18.6 Å². The molecule has 0 unspecified atom stereocenters.